The topological polar surface area (TPSA) is 122 Å². The van der Waals surface area contributed by atoms with E-state index in [1.54, 1.807) is 19.1 Å². The quantitative estimate of drug-likeness (QED) is 0.631. The van der Waals surface area contributed by atoms with Gasteiger partial charge in [-0.2, -0.15) is 0 Å². The van der Waals surface area contributed by atoms with Crippen molar-refractivity contribution in [1.82, 2.24) is 20.5 Å². The fourth-order valence-corrected chi connectivity index (χ4v) is 3.52. The first-order chi connectivity index (χ1) is 14.5. The number of aryl methyl sites for hydroxylation is 1. The van der Waals surface area contributed by atoms with Gasteiger partial charge in [0.15, 0.2) is 5.76 Å². The highest BCUT2D eigenvalue weighted by atomic mass is 16.5. The minimum absolute atomic E-state index is 0.0128. The number of likely N-dealkylation sites (tertiary alicyclic amines) is 1. The monoisotopic (exact) mass is 410 g/mol. The average Bonchev–Trinajstić information content (AvgIpc) is 3.47. The highest BCUT2D eigenvalue weighted by Gasteiger charge is 2.39. The zero-order chi connectivity index (χ0) is 21.1. The number of carbonyl (C=O) groups excluding carboxylic acids is 2. The van der Waals surface area contributed by atoms with Crippen LogP contribution < -0.4 is 5.32 Å². The van der Waals surface area contributed by atoms with E-state index in [-0.39, 0.29) is 37.7 Å². The molecule has 2 N–H and O–H groups in total. The Morgan fingerprint density at radius 3 is 2.73 bits per heavy atom. The Morgan fingerprint density at radius 2 is 2.00 bits per heavy atom. The van der Waals surface area contributed by atoms with E-state index in [0.29, 0.717) is 22.9 Å². The first kappa shape index (κ1) is 19.8. The van der Waals surface area contributed by atoms with Crippen LogP contribution in [0.4, 0.5) is 0 Å². The zero-order valence-corrected chi connectivity index (χ0v) is 16.4. The molecule has 0 saturated carbocycles. The molecule has 3 aromatic rings. The molecule has 30 heavy (non-hydrogen) atoms. The van der Waals surface area contributed by atoms with E-state index in [2.05, 4.69) is 15.6 Å². The molecule has 1 aliphatic rings. The van der Waals surface area contributed by atoms with Gasteiger partial charge in [-0.15, -0.1) is 0 Å². The van der Waals surface area contributed by atoms with Crippen LogP contribution in [0, 0.1) is 6.92 Å². The first-order valence-electron chi connectivity index (χ1n) is 9.68. The number of hydrogen-bond acceptors (Lipinski definition) is 7. The summed E-state index contributed by atoms with van der Waals surface area (Å²) >= 11 is 0. The van der Waals surface area contributed by atoms with E-state index in [4.69, 9.17) is 9.05 Å². The molecule has 2 aromatic heterocycles. The molecule has 2 unspecified atom stereocenters. The summed E-state index contributed by atoms with van der Waals surface area (Å²) in [7, 11) is 0. The van der Waals surface area contributed by atoms with E-state index in [1.807, 2.05) is 30.3 Å². The summed E-state index contributed by atoms with van der Waals surface area (Å²) in [5, 5.41) is 20.5. The number of nitrogens with one attached hydrogen (secondary N) is 1. The van der Waals surface area contributed by atoms with Crippen LogP contribution in [0.5, 0.6) is 0 Å². The van der Waals surface area contributed by atoms with E-state index in [9.17, 15) is 14.7 Å². The second kappa shape index (κ2) is 8.50. The van der Waals surface area contributed by atoms with Crippen LogP contribution in [-0.4, -0.2) is 50.8 Å². The number of aromatic nitrogens is 2. The third kappa shape index (κ3) is 4.41. The predicted molar refractivity (Wildman–Crippen MR) is 105 cm³/mol. The van der Waals surface area contributed by atoms with Crippen LogP contribution >= 0.6 is 0 Å². The Bertz CT molecular complexity index is 1030. The molecular formula is C21H22N4O5. The van der Waals surface area contributed by atoms with Gasteiger partial charge < -0.3 is 24.4 Å². The summed E-state index contributed by atoms with van der Waals surface area (Å²) in [6, 6.07) is 12.2. The Labute approximate surface area is 172 Å². The van der Waals surface area contributed by atoms with Crippen LogP contribution in [-0.2, 0) is 22.6 Å². The van der Waals surface area contributed by atoms with E-state index in [0.717, 1.165) is 5.56 Å². The lowest BCUT2D eigenvalue weighted by Gasteiger charge is -2.23. The van der Waals surface area contributed by atoms with Gasteiger partial charge in [-0.1, -0.05) is 40.6 Å². The van der Waals surface area contributed by atoms with Crippen molar-refractivity contribution in [3.8, 4) is 11.3 Å². The fourth-order valence-electron chi connectivity index (χ4n) is 3.52. The van der Waals surface area contributed by atoms with Gasteiger partial charge in [0.05, 0.1) is 24.8 Å². The van der Waals surface area contributed by atoms with E-state index < -0.39 is 12.1 Å². The summed E-state index contributed by atoms with van der Waals surface area (Å²) in [5.41, 5.74) is 2.13. The minimum Gasteiger partial charge on any atom is -0.391 e. The van der Waals surface area contributed by atoms with Crippen molar-refractivity contribution < 1.29 is 23.7 Å². The number of hydrogen-bond donors (Lipinski definition) is 2. The zero-order valence-electron chi connectivity index (χ0n) is 16.4. The van der Waals surface area contributed by atoms with Crippen molar-refractivity contribution in [2.75, 3.05) is 6.54 Å². The van der Waals surface area contributed by atoms with Gasteiger partial charge in [0, 0.05) is 30.7 Å². The summed E-state index contributed by atoms with van der Waals surface area (Å²) in [6.45, 7) is 2.03. The Hall–Kier alpha value is -3.46. The van der Waals surface area contributed by atoms with Crippen LogP contribution in [0.3, 0.4) is 0 Å². The van der Waals surface area contributed by atoms with Crippen molar-refractivity contribution in [2.45, 2.75) is 38.5 Å². The maximum absolute atomic E-state index is 12.7. The van der Waals surface area contributed by atoms with E-state index in [1.165, 1.54) is 4.90 Å². The highest BCUT2D eigenvalue weighted by Crippen LogP contribution is 2.21. The van der Waals surface area contributed by atoms with Crippen LogP contribution in [0.1, 0.15) is 23.6 Å². The standard InChI is InChI=1S/C21H22N4O5/c1-13-7-17(29-23-13)10-20(27)25-12-16(26)9-18(25)21(28)22-11-15-8-19(30-24-15)14-5-3-2-4-6-14/h2-8,16,18,26H,9-12H2,1H3,(H,22,28). The van der Waals surface area contributed by atoms with Gasteiger partial charge in [0.1, 0.15) is 17.5 Å². The van der Waals surface area contributed by atoms with Gasteiger partial charge in [-0.05, 0) is 6.92 Å². The number of nitrogens with zero attached hydrogens (tertiary/aromatic N) is 3. The molecule has 1 fully saturated rings. The van der Waals surface area contributed by atoms with Gasteiger partial charge >= 0.3 is 0 Å². The van der Waals surface area contributed by atoms with Crippen molar-refractivity contribution in [3.63, 3.8) is 0 Å². The number of benzene rings is 1. The molecule has 4 rings (SSSR count). The predicted octanol–water partition coefficient (Wildman–Crippen LogP) is 1.46. The molecule has 1 aromatic carbocycles. The number of amides is 2. The molecule has 9 nitrogen and oxygen atoms in total. The molecule has 3 heterocycles. The summed E-state index contributed by atoms with van der Waals surface area (Å²) in [5.74, 6) is 0.387. The first-order valence-corrected chi connectivity index (χ1v) is 9.68. The van der Waals surface area contributed by atoms with Crippen molar-refractivity contribution in [1.29, 1.82) is 0 Å². The molecular weight excluding hydrogens is 388 g/mol. The van der Waals surface area contributed by atoms with Gasteiger partial charge in [-0.25, -0.2) is 0 Å². The lowest BCUT2D eigenvalue weighted by Crippen LogP contribution is -2.46. The maximum Gasteiger partial charge on any atom is 0.243 e. The summed E-state index contributed by atoms with van der Waals surface area (Å²) in [6.07, 6.45) is -0.583. The summed E-state index contributed by atoms with van der Waals surface area (Å²) in [4.78, 5) is 26.7. The van der Waals surface area contributed by atoms with Gasteiger partial charge in [-0.3, -0.25) is 9.59 Å². The number of aliphatic hydroxyl groups excluding tert-OH is 1. The largest absolute Gasteiger partial charge is 0.391 e. The lowest BCUT2D eigenvalue weighted by molar-refractivity contribution is -0.138. The second-order valence-corrected chi connectivity index (χ2v) is 7.33. The van der Waals surface area contributed by atoms with Crippen molar-refractivity contribution in [3.05, 3.63) is 59.6 Å². The third-order valence-electron chi connectivity index (χ3n) is 4.97. The molecule has 0 aliphatic carbocycles. The second-order valence-electron chi connectivity index (χ2n) is 7.33. The lowest BCUT2D eigenvalue weighted by atomic mass is 10.1. The highest BCUT2D eigenvalue weighted by molar-refractivity contribution is 5.89. The molecule has 2 amide bonds. The molecule has 156 valence electrons. The molecule has 9 heteroatoms. The van der Waals surface area contributed by atoms with Gasteiger partial charge in [0.2, 0.25) is 11.8 Å². The molecule has 0 radical (unpaired) electrons. The smallest absolute Gasteiger partial charge is 0.243 e. The van der Waals surface area contributed by atoms with Crippen LogP contribution in [0.25, 0.3) is 11.3 Å². The number of aliphatic hydroxyl groups is 1. The molecule has 2 atom stereocenters. The van der Waals surface area contributed by atoms with Crippen LogP contribution in [0.15, 0.2) is 51.5 Å². The number of β-amino-alcohol motifs (C(OH)–C–C–N with tert-alkyl or cyclic N) is 1. The fraction of sp³-hybridized carbons (Fsp3) is 0.333. The molecule has 1 aliphatic heterocycles. The van der Waals surface area contributed by atoms with Crippen molar-refractivity contribution in [2.24, 2.45) is 0 Å². The average molecular weight is 410 g/mol. The number of rotatable bonds is 6. The number of carbonyl (C=O) groups is 2. The molecule has 1 saturated heterocycles. The van der Waals surface area contributed by atoms with E-state index >= 15 is 0 Å². The minimum atomic E-state index is -0.753. The maximum atomic E-state index is 12.7. The summed E-state index contributed by atoms with van der Waals surface area (Å²) < 4.78 is 10.4. The normalized spacial score (nSPS) is 18.5. The Balaban J connectivity index is 1.37. The SMILES string of the molecule is Cc1cc(CC(=O)N2CC(O)CC2C(=O)NCc2cc(-c3ccccc3)on2)on1. The third-order valence-corrected chi connectivity index (χ3v) is 4.97. The van der Waals surface area contributed by atoms with Gasteiger partial charge in [0.25, 0.3) is 0 Å². The Kier molecular flexibility index (Phi) is 5.62. The van der Waals surface area contributed by atoms with Crippen LogP contribution in [0.2, 0.25) is 0 Å². The molecule has 0 spiro atoms. The molecule has 0 bridgehead atoms. The van der Waals surface area contributed by atoms with Crippen molar-refractivity contribution >= 4 is 11.8 Å². The Morgan fingerprint density at radius 1 is 1.20 bits per heavy atom.